The topological polar surface area (TPSA) is 26.0 Å². The molecule has 84 valence electrons. The van der Waals surface area contributed by atoms with Gasteiger partial charge in [0, 0.05) is 11.6 Å². The van der Waals surface area contributed by atoms with Crippen molar-refractivity contribution >= 4 is 22.4 Å². The van der Waals surface area contributed by atoms with Gasteiger partial charge in [-0.2, -0.15) is 0 Å². The van der Waals surface area contributed by atoms with Crippen molar-refractivity contribution in [2.75, 3.05) is 0 Å². The molecule has 0 amide bonds. The van der Waals surface area contributed by atoms with Crippen LogP contribution in [-0.2, 0) is 5.88 Å². The second kappa shape index (κ2) is 4.22. The molecule has 3 rings (SSSR count). The molecule has 1 aromatic heterocycles. The Balaban J connectivity index is 2.23. The van der Waals surface area contributed by atoms with E-state index in [-0.39, 0.29) is 0 Å². The van der Waals surface area contributed by atoms with Crippen molar-refractivity contribution in [1.82, 2.24) is 5.16 Å². The normalized spacial score (nSPS) is 10.9. The fourth-order valence-corrected chi connectivity index (χ4v) is 2.07. The lowest BCUT2D eigenvalue weighted by Gasteiger charge is -2.02. The zero-order valence-electron chi connectivity index (χ0n) is 9.06. The van der Waals surface area contributed by atoms with Crippen LogP contribution >= 0.6 is 11.6 Å². The maximum Gasteiger partial charge on any atom is 0.167 e. The summed E-state index contributed by atoms with van der Waals surface area (Å²) in [6, 6.07) is 16.2. The van der Waals surface area contributed by atoms with Gasteiger partial charge >= 0.3 is 0 Å². The number of nitrogens with zero attached hydrogens (tertiary/aromatic N) is 1. The molecule has 2 nitrogen and oxygen atoms in total. The van der Waals surface area contributed by atoms with Crippen LogP contribution in [-0.4, -0.2) is 5.16 Å². The van der Waals surface area contributed by atoms with E-state index in [9.17, 15) is 0 Å². The van der Waals surface area contributed by atoms with Gasteiger partial charge in [0.15, 0.2) is 5.76 Å². The summed E-state index contributed by atoms with van der Waals surface area (Å²) in [4.78, 5) is 0. The highest BCUT2D eigenvalue weighted by atomic mass is 35.5. The van der Waals surface area contributed by atoms with E-state index in [1.807, 2.05) is 30.3 Å². The maximum atomic E-state index is 5.72. The third kappa shape index (κ3) is 1.81. The van der Waals surface area contributed by atoms with Gasteiger partial charge < -0.3 is 4.52 Å². The molecule has 0 saturated carbocycles. The zero-order valence-corrected chi connectivity index (χ0v) is 9.82. The number of hydrogen-bond donors (Lipinski definition) is 0. The van der Waals surface area contributed by atoms with Crippen LogP contribution in [0.1, 0.15) is 5.69 Å². The predicted molar refractivity (Wildman–Crippen MR) is 69.0 cm³/mol. The number of halogens is 1. The highest BCUT2D eigenvalue weighted by Crippen LogP contribution is 2.29. The third-order valence-electron chi connectivity index (χ3n) is 2.75. The van der Waals surface area contributed by atoms with E-state index in [0.717, 1.165) is 22.4 Å². The lowest BCUT2D eigenvalue weighted by Crippen LogP contribution is -1.78. The number of fused-ring (bicyclic) bond motifs is 1. The smallest absolute Gasteiger partial charge is 0.167 e. The molecule has 0 bridgehead atoms. The molecule has 17 heavy (non-hydrogen) atoms. The molecule has 2 aromatic carbocycles. The van der Waals surface area contributed by atoms with Crippen molar-refractivity contribution in [3.05, 3.63) is 54.2 Å². The Bertz CT molecular complexity index is 655. The van der Waals surface area contributed by atoms with Crippen molar-refractivity contribution < 1.29 is 4.52 Å². The molecule has 0 N–H and O–H groups in total. The Hall–Kier alpha value is -1.80. The van der Waals surface area contributed by atoms with E-state index in [0.29, 0.717) is 5.88 Å². The first-order valence-corrected chi connectivity index (χ1v) is 5.91. The average molecular weight is 244 g/mol. The average Bonchev–Trinajstić information content (AvgIpc) is 2.87. The molecule has 0 aliphatic rings. The molecule has 0 fully saturated rings. The van der Waals surface area contributed by atoms with E-state index >= 15 is 0 Å². The van der Waals surface area contributed by atoms with Gasteiger partial charge in [-0.1, -0.05) is 47.6 Å². The largest absolute Gasteiger partial charge is 0.356 e. The van der Waals surface area contributed by atoms with Crippen LogP contribution in [0.2, 0.25) is 0 Å². The molecule has 3 heteroatoms. The van der Waals surface area contributed by atoms with E-state index in [2.05, 4.69) is 23.4 Å². The Labute approximate surface area is 104 Å². The summed E-state index contributed by atoms with van der Waals surface area (Å²) in [5, 5.41) is 6.26. The van der Waals surface area contributed by atoms with Gasteiger partial charge in [-0.3, -0.25) is 0 Å². The number of rotatable bonds is 2. The van der Waals surface area contributed by atoms with E-state index < -0.39 is 0 Å². The van der Waals surface area contributed by atoms with Gasteiger partial charge in [0.05, 0.1) is 11.6 Å². The van der Waals surface area contributed by atoms with Gasteiger partial charge in [-0.15, -0.1) is 11.6 Å². The lowest BCUT2D eigenvalue weighted by atomic mass is 10.0. The minimum Gasteiger partial charge on any atom is -0.356 e. The highest BCUT2D eigenvalue weighted by Gasteiger charge is 2.08. The van der Waals surface area contributed by atoms with Crippen molar-refractivity contribution in [3.63, 3.8) is 0 Å². The summed E-state index contributed by atoms with van der Waals surface area (Å²) < 4.78 is 5.32. The minimum absolute atomic E-state index is 0.369. The fraction of sp³-hybridized carbons (Fsp3) is 0.0714. The van der Waals surface area contributed by atoms with Crippen molar-refractivity contribution in [2.24, 2.45) is 0 Å². The van der Waals surface area contributed by atoms with Crippen molar-refractivity contribution in [1.29, 1.82) is 0 Å². The molecule has 1 heterocycles. The Morgan fingerprint density at radius 3 is 2.71 bits per heavy atom. The molecular formula is C14H10ClNO. The molecule has 0 saturated heterocycles. The molecule has 0 atom stereocenters. The third-order valence-corrected chi connectivity index (χ3v) is 3.02. The molecule has 0 aliphatic heterocycles. The number of alkyl halides is 1. The first kappa shape index (κ1) is 10.4. The van der Waals surface area contributed by atoms with Crippen molar-refractivity contribution in [2.45, 2.75) is 5.88 Å². The van der Waals surface area contributed by atoms with Crippen LogP contribution in [0.15, 0.2) is 53.1 Å². The van der Waals surface area contributed by atoms with Crippen molar-refractivity contribution in [3.8, 4) is 11.3 Å². The summed E-state index contributed by atoms with van der Waals surface area (Å²) in [7, 11) is 0. The molecule has 3 aromatic rings. The van der Waals surface area contributed by atoms with Crippen LogP contribution in [0, 0.1) is 0 Å². The number of benzene rings is 2. The van der Waals surface area contributed by atoms with E-state index in [1.54, 1.807) is 0 Å². The second-order valence-electron chi connectivity index (χ2n) is 3.84. The molecule has 0 spiro atoms. The lowest BCUT2D eigenvalue weighted by molar-refractivity contribution is 0.426. The quantitative estimate of drug-likeness (QED) is 0.630. The summed E-state index contributed by atoms with van der Waals surface area (Å²) in [5.41, 5.74) is 1.81. The summed E-state index contributed by atoms with van der Waals surface area (Å²) in [6.07, 6.45) is 0. The summed E-state index contributed by atoms with van der Waals surface area (Å²) in [5.74, 6) is 1.13. The van der Waals surface area contributed by atoms with Gasteiger partial charge in [0.25, 0.3) is 0 Å². The number of hydrogen-bond acceptors (Lipinski definition) is 2. The van der Waals surface area contributed by atoms with E-state index in [4.69, 9.17) is 16.1 Å². The number of aromatic nitrogens is 1. The maximum absolute atomic E-state index is 5.72. The van der Waals surface area contributed by atoms with Gasteiger partial charge in [-0.05, 0) is 10.8 Å². The Morgan fingerprint density at radius 1 is 1.06 bits per heavy atom. The van der Waals surface area contributed by atoms with Crippen LogP contribution < -0.4 is 0 Å². The Morgan fingerprint density at radius 2 is 1.88 bits per heavy atom. The molecule has 0 unspecified atom stereocenters. The Kier molecular flexibility index (Phi) is 2.57. The van der Waals surface area contributed by atoms with Crippen LogP contribution in [0.3, 0.4) is 0 Å². The van der Waals surface area contributed by atoms with Crippen LogP contribution in [0.4, 0.5) is 0 Å². The molecule has 0 radical (unpaired) electrons. The first-order valence-electron chi connectivity index (χ1n) is 5.38. The van der Waals surface area contributed by atoms with Gasteiger partial charge in [0.1, 0.15) is 0 Å². The predicted octanol–water partition coefficient (Wildman–Crippen LogP) is 4.23. The first-order chi connectivity index (χ1) is 8.38. The minimum atomic E-state index is 0.369. The second-order valence-corrected chi connectivity index (χ2v) is 4.11. The molecular weight excluding hydrogens is 234 g/mol. The monoisotopic (exact) mass is 243 g/mol. The summed E-state index contributed by atoms with van der Waals surface area (Å²) >= 11 is 5.72. The standard InChI is InChI=1S/C14H10ClNO/c15-9-11-8-14(17-16-11)13-7-3-5-10-4-1-2-6-12(10)13/h1-8H,9H2. The highest BCUT2D eigenvalue weighted by molar-refractivity contribution is 6.16. The van der Waals surface area contributed by atoms with Gasteiger partial charge in [-0.25, -0.2) is 0 Å². The fourth-order valence-electron chi connectivity index (χ4n) is 1.94. The zero-order chi connectivity index (χ0) is 11.7. The van der Waals surface area contributed by atoms with Crippen LogP contribution in [0.25, 0.3) is 22.1 Å². The van der Waals surface area contributed by atoms with Gasteiger partial charge in [0.2, 0.25) is 0 Å². The molecule has 0 aliphatic carbocycles. The SMILES string of the molecule is ClCc1cc(-c2cccc3ccccc23)on1. The van der Waals surface area contributed by atoms with E-state index in [1.165, 1.54) is 5.39 Å². The van der Waals surface area contributed by atoms with Crippen LogP contribution in [0.5, 0.6) is 0 Å². The summed E-state index contributed by atoms with van der Waals surface area (Å²) in [6.45, 7) is 0.